The average Bonchev–Trinajstić information content (AvgIpc) is 3.42. The van der Waals surface area contributed by atoms with E-state index in [0.29, 0.717) is 72.1 Å². The molecule has 2 atom stereocenters. The fourth-order valence-electron chi connectivity index (χ4n) is 5.69. The van der Waals surface area contributed by atoms with Gasteiger partial charge in [-0.05, 0) is 49.1 Å². The van der Waals surface area contributed by atoms with Crippen LogP contribution in [0, 0.1) is 5.92 Å². The van der Waals surface area contributed by atoms with Gasteiger partial charge in [0.25, 0.3) is 5.91 Å². The second-order valence-electron chi connectivity index (χ2n) is 10.1. The van der Waals surface area contributed by atoms with Gasteiger partial charge in [0.2, 0.25) is 11.8 Å². The van der Waals surface area contributed by atoms with E-state index in [2.05, 4.69) is 8.75 Å². The highest BCUT2D eigenvalue weighted by atomic mass is 35.5. The zero-order valence-electron chi connectivity index (χ0n) is 21.3. The molecule has 2 aliphatic rings. The first-order chi connectivity index (χ1) is 18.2. The van der Waals surface area contributed by atoms with E-state index >= 15 is 0 Å². The van der Waals surface area contributed by atoms with Crippen molar-refractivity contribution in [2.45, 2.75) is 38.1 Å². The van der Waals surface area contributed by atoms with Crippen LogP contribution in [0.2, 0.25) is 10.0 Å². The van der Waals surface area contributed by atoms with Gasteiger partial charge < -0.3 is 14.7 Å². The molecule has 3 amide bonds. The summed E-state index contributed by atoms with van der Waals surface area (Å²) in [5, 5.41) is 0.898. The summed E-state index contributed by atoms with van der Waals surface area (Å²) >= 11 is 13.7. The van der Waals surface area contributed by atoms with Gasteiger partial charge >= 0.3 is 0 Å². The molecule has 1 aromatic heterocycles. The van der Waals surface area contributed by atoms with Crippen LogP contribution in [0.4, 0.5) is 0 Å². The Morgan fingerprint density at radius 3 is 2.42 bits per heavy atom. The van der Waals surface area contributed by atoms with Gasteiger partial charge in [0.05, 0.1) is 27.3 Å². The Balaban J connectivity index is 1.39. The minimum atomic E-state index is -0.162. The average molecular weight is 575 g/mol. The molecule has 0 aliphatic carbocycles. The molecule has 3 aromatic rings. The van der Waals surface area contributed by atoms with E-state index < -0.39 is 0 Å². The Kier molecular flexibility index (Phi) is 7.88. The zero-order valence-corrected chi connectivity index (χ0v) is 23.6. The second-order valence-corrected chi connectivity index (χ2v) is 11.4. The maximum atomic E-state index is 13.7. The van der Waals surface area contributed by atoms with Gasteiger partial charge in [-0.2, -0.15) is 8.75 Å². The number of piperidine rings is 2. The fraction of sp³-hybridized carbons (Fsp3) is 0.444. The molecular weight excluding hydrogens is 545 g/mol. The van der Waals surface area contributed by atoms with Crippen LogP contribution in [0.5, 0.6) is 0 Å². The summed E-state index contributed by atoms with van der Waals surface area (Å²) in [5.41, 5.74) is 2.75. The van der Waals surface area contributed by atoms with E-state index in [9.17, 15) is 14.4 Å². The van der Waals surface area contributed by atoms with E-state index in [0.717, 1.165) is 17.3 Å². The SMILES string of the molecule is CC(=O)N1CCC(C(=O)N2CC[C@@H](N(C)C(=O)c3cccc4nsnc34)[C@H](c3ccc(Cl)c(Cl)c3)C2)CC1. The van der Waals surface area contributed by atoms with Crippen molar-refractivity contribution in [2.75, 3.05) is 33.2 Å². The summed E-state index contributed by atoms with van der Waals surface area (Å²) in [7, 11) is 1.81. The third-order valence-corrected chi connectivity index (χ3v) is 9.17. The van der Waals surface area contributed by atoms with Gasteiger partial charge in [-0.3, -0.25) is 14.4 Å². The van der Waals surface area contributed by atoms with Crippen LogP contribution >= 0.6 is 34.9 Å². The smallest absolute Gasteiger partial charge is 0.256 e. The summed E-state index contributed by atoms with van der Waals surface area (Å²) in [6.45, 7) is 3.79. The van der Waals surface area contributed by atoms with Gasteiger partial charge in [0, 0.05) is 58.0 Å². The van der Waals surface area contributed by atoms with Crippen molar-refractivity contribution in [1.82, 2.24) is 23.4 Å². The number of carbonyl (C=O) groups excluding carboxylic acids is 3. The van der Waals surface area contributed by atoms with Crippen LogP contribution in [-0.2, 0) is 9.59 Å². The minimum Gasteiger partial charge on any atom is -0.343 e. The molecule has 2 aromatic carbocycles. The number of benzene rings is 2. The molecular formula is C27H29Cl2N5O3S. The van der Waals surface area contributed by atoms with Crippen molar-refractivity contribution >= 4 is 63.7 Å². The molecule has 2 aliphatic heterocycles. The first-order valence-corrected chi connectivity index (χ1v) is 14.2. The molecule has 0 saturated carbocycles. The lowest BCUT2D eigenvalue weighted by molar-refractivity contribution is -0.141. The van der Waals surface area contributed by atoms with E-state index in [1.165, 1.54) is 0 Å². The van der Waals surface area contributed by atoms with Crippen molar-refractivity contribution in [1.29, 1.82) is 0 Å². The van der Waals surface area contributed by atoms with Gasteiger partial charge in [-0.25, -0.2) is 0 Å². The number of likely N-dealkylation sites (tertiary alicyclic amines) is 2. The quantitative estimate of drug-likeness (QED) is 0.451. The van der Waals surface area contributed by atoms with Gasteiger partial charge in [-0.1, -0.05) is 35.3 Å². The lowest BCUT2D eigenvalue weighted by atomic mass is 9.83. The molecule has 0 bridgehead atoms. The third-order valence-electron chi connectivity index (χ3n) is 7.88. The number of fused-ring (bicyclic) bond motifs is 1. The summed E-state index contributed by atoms with van der Waals surface area (Å²) < 4.78 is 8.61. The van der Waals surface area contributed by atoms with Crippen molar-refractivity contribution in [3.05, 3.63) is 57.6 Å². The lowest BCUT2D eigenvalue weighted by Gasteiger charge is -2.44. The molecule has 2 fully saturated rings. The highest BCUT2D eigenvalue weighted by Gasteiger charge is 2.39. The summed E-state index contributed by atoms with van der Waals surface area (Å²) in [6, 6.07) is 10.8. The molecule has 5 rings (SSSR count). The molecule has 38 heavy (non-hydrogen) atoms. The van der Waals surface area contributed by atoms with E-state index in [4.69, 9.17) is 23.2 Å². The fourth-order valence-corrected chi connectivity index (χ4v) is 6.55. The summed E-state index contributed by atoms with van der Waals surface area (Å²) in [4.78, 5) is 44.5. The lowest BCUT2D eigenvalue weighted by Crippen LogP contribution is -2.53. The largest absolute Gasteiger partial charge is 0.343 e. The molecule has 200 valence electrons. The number of aromatic nitrogens is 2. The number of hydrogen-bond donors (Lipinski definition) is 0. The molecule has 0 spiro atoms. The van der Waals surface area contributed by atoms with Crippen LogP contribution in [-0.4, -0.2) is 80.4 Å². The van der Waals surface area contributed by atoms with Crippen LogP contribution in [0.1, 0.15) is 48.0 Å². The maximum absolute atomic E-state index is 13.7. The molecule has 0 unspecified atom stereocenters. The Morgan fingerprint density at radius 2 is 1.71 bits per heavy atom. The molecule has 8 nitrogen and oxygen atoms in total. The normalized spacial score (nSPS) is 20.5. The van der Waals surface area contributed by atoms with E-state index in [-0.39, 0.29) is 35.6 Å². The van der Waals surface area contributed by atoms with Crippen molar-refractivity contribution in [3.63, 3.8) is 0 Å². The van der Waals surface area contributed by atoms with Crippen LogP contribution in [0.3, 0.4) is 0 Å². The summed E-state index contributed by atoms with van der Waals surface area (Å²) in [6.07, 6.45) is 1.95. The van der Waals surface area contributed by atoms with Crippen molar-refractivity contribution in [2.24, 2.45) is 5.92 Å². The molecule has 3 heterocycles. The Morgan fingerprint density at radius 1 is 0.974 bits per heavy atom. The highest BCUT2D eigenvalue weighted by molar-refractivity contribution is 7.00. The van der Waals surface area contributed by atoms with Crippen molar-refractivity contribution in [3.8, 4) is 0 Å². The Hall–Kier alpha value is -2.75. The van der Waals surface area contributed by atoms with E-state index in [1.54, 1.807) is 28.9 Å². The molecule has 0 radical (unpaired) electrons. The number of nitrogens with zero attached hydrogens (tertiary/aromatic N) is 5. The molecule has 0 N–H and O–H groups in total. The summed E-state index contributed by atoms with van der Waals surface area (Å²) in [5.74, 6) is -0.223. The number of hydrogen-bond acceptors (Lipinski definition) is 6. The predicted octanol–water partition coefficient (Wildman–Crippen LogP) is 4.71. The third kappa shape index (κ3) is 5.24. The molecule has 2 saturated heterocycles. The van der Waals surface area contributed by atoms with Gasteiger partial charge in [-0.15, -0.1) is 0 Å². The number of halogens is 2. The Bertz CT molecular complexity index is 1370. The number of carbonyl (C=O) groups is 3. The van der Waals surface area contributed by atoms with E-state index in [1.807, 2.05) is 36.2 Å². The highest BCUT2D eigenvalue weighted by Crippen LogP contribution is 2.36. The van der Waals surface area contributed by atoms with Crippen LogP contribution in [0.25, 0.3) is 11.0 Å². The second kappa shape index (κ2) is 11.2. The predicted molar refractivity (Wildman–Crippen MR) is 149 cm³/mol. The van der Waals surface area contributed by atoms with Gasteiger partial charge in [0.15, 0.2) is 0 Å². The topological polar surface area (TPSA) is 86.7 Å². The van der Waals surface area contributed by atoms with Crippen LogP contribution < -0.4 is 0 Å². The van der Waals surface area contributed by atoms with Gasteiger partial charge in [0.1, 0.15) is 11.0 Å². The first-order valence-electron chi connectivity index (χ1n) is 12.7. The standard InChI is InChI=1S/C27H29Cl2N5O3S/c1-16(35)33-11-8-17(9-12-33)26(36)34-13-10-24(20(15-34)18-6-7-21(28)22(29)14-18)32(2)27(37)19-4-3-5-23-25(19)31-38-30-23/h3-7,14,17,20,24H,8-13,15H2,1-2H3/t20-,24+/m0/s1. The Labute approximate surface area is 235 Å². The van der Waals surface area contributed by atoms with Crippen LogP contribution in [0.15, 0.2) is 36.4 Å². The minimum absolute atomic E-state index is 0.0493. The number of likely N-dealkylation sites (N-methyl/N-ethyl adjacent to an activating group) is 1. The zero-order chi connectivity index (χ0) is 27.0. The number of amides is 3. The maximum Gasteiger partial charge on any atom is 0.256 e. The first kappa shape index (κ1) is 26.8. The molecule has 11 heteroatoms. The van der Waals surface area contributed by atoms with Crippen molar-refractivity contribution < 1.29 is 14.4 Å². The monoisotopic (exact) mass is 573 g/mol. The number of rotatable bonds is 4.